The van der Waals surface area contributed by atoms with Crippen LogP contribution >= 0.6 is 0 Å². The van der Waals surface area contributed by atoms with Gasteiger partial charge in [-0.25, -0.2) is 0 Å². The van der Waals surface area contributed by atoms with Crippen LogP contribution in [0.4, 0.5) is 0 Å². The first-order chi connectivity index (χ1) is 5.45. The van der Waals surface area contributed by atoms with E-state index in [0.717, 1.165) is 19.6 Å². The summed E-state index contributed by atoms with van der Waals surface area (Å²) in [6.45, 7) is 13.3. The van der Waals surface area contributed by atoms with Gasteiger partial charge in [-0.15, -0.1) is 6.58 Å². The molecule has 0 aliphatic carbocycles. The van der Waals surface area contributed by atoms with E-state index in [9.17, 15) is 0 Å². The zero-order valence-corrected chi connectivity index (χ0v) is 8.85. The van der Waals surface area contributed by atoms with E-state index in [4.69, 9.17) is 0 Å². The highest BCUT2D eigenvalue weighted by atomic mass is 15.1. The number of hydrogen-bond donors (Lipinski definition) is 1. The van der Waals surface area contributed by atoms with Crippen molar-refractivity contribution in [2.45, 2.75) is 26.3 Å². The molecule has 2 nitrogen and oxygen atoms in total. The van der Waals surface area contributed by atoms with Crippen LogP contribution in [0.3, 0.4) is 0 Å². The van der Waals surface area contributed by atoms with Gasteiger partial charge in [-0.05, 0) is 27.8 Å². The van der Waals surface area contributed by atoms with Gasteiger partial charge in [-0.1, -0.05) is 6.08 Å². The Morgan fingerprint density at radius 1 is 1.42 bits per heavy atom. The summed E-state index contributed by atoms with van der Waals surface area (Å²) >= 11 is 0. The van der Waals surface area contributed by atoms with E-state index in [0.29, 0.717) is 0 Å². The average Bonchev–Trinajstić information content (AvgIpc) is 1.84. The summed E-state index contributed by atoms with van der Waals surface area (Å²) in [5, 5.41) is 3.44. The molecule has 0 aromatic carbocycles. The van der Waals surface area contributed by atoms with E-state index >= 15 is 0 Å². The molecule has 0 bridgehead atoms. The zero-order chi connectivity index (χ0) is 9.61. The first-order valence-corrected chi connectivity index (χ1v) is 4.50. The van der Waals surface area contributed by atoms with Gasteiger partial charge >= 0.3 is 0 Å². The first kappa shape index (κ1) is 11.7. The fourth-order valence-electron chi connectivity index (χ4n) is 0.933. The molecule has 0 amide bonds. The van der Waals surface area contributed by atoms with Crippen LogP contribution in [0, 0.1) is 0 Å². The molecule has 12 heavy (non-hydrogen) atoms. The van der Waals surface area contributed by atoms with Gasteiger partial charge in [-0.3, -0.25) is 0 Å². The Bertz CT molecular complexity index is 124. The minimum absolute atomic E-state index is 0.231. The van der Waals surface area contributed by atoms with Gasteiger partial charge in [0.05, 0.1) is 0 Å². The van der Waals surface area contributed by atoms with Crippen LogP contribution in [0.15, 0.2) is 12.7 Å². The second kappa shape index (κ2) is 5.33. The average molecular weight is 170 g/mol. The summed E-state index contributed by atoms with van der Waals surface area (Å²) in [7, 11) is 2.10. The minimum Gasteiger partial charge on any atom is -0.311 e. The van der Waals surface area contributed by atoms with E-state index in [1.54, 1.807) is 0 Å². The summed E-state index contributed by atoms with van der Waals surface area (Å²) in [6, 6.07) is 0. The van der Waals surface area contributed by atoms with Crippen molar-refractivity contribution in [1.29, 1.82) is 0 Å². The summed E-state index contributed by atoms with van der Waals surface area (Å²) in [6.07, 6.45) is 1.93. The lowest BCUT2D eigenvalue weighted by molar-refractivity contribution is 0.333. The van der Waals surface area contributed by atoms with Gasteiger partial charge in [-0.2, -0.15) is 0 Å². The molecule has 72 valence electrons. The Kier molecular flexibility index (Phi) is 5.18. The van der Waals surface area contributed by atoms with Crippen molar-refractivity contribution < 1.29 is 0 Å². The molecule has 0 heterocycles. The fourth-order valence-corrected chi connectivity index (χ4v) is 0.933. The van der Waals surface area contributed by atoms with Crippen molar-refractivity contribution in [3.63, 3.8) is 0 Å². The van der Waals surface area contributed by atoms with Crippen molar-refractivity contribution in [1.82, 2.24) is 10.2 Å². The minimum atomic E-state index is 0.231. The maximum atomic E-state index is 3.70. The molecule has 0 aliphatic rings. The normalized spacial score (nSPS) is 12.1. The molecule has 0 radical (unpaired) electrons. The molecule has 0 unspecified atom stereocenters. The van der Waals surface area contributed by atoms with Crippen molar-refractivity contribution in [2.24, 2.45) is 0 Å². The van der Waals surface area contributed by atoms with Gasteiger partial charge in [0.25, 0.3) is 0 Å². The quantitative estimate of drug-likeness (QED) is 0.629. The molecule has 0 atom stereocenters. The number of nitrogens with zero attached hydrogens (tertiary/aromatic N) is 1. The summed E-state index contributed by atoms with van der Waals surface area (Å²) in [4.78, 5) is 2.24. The van der Waals surface area contributed by atoms with E-state index < -0.39 is 0 Å². The van der Waals surface area contributed by atoms with Crippen LogP contribution in [0.2, 0.25) is 0 Å². The predicted octanol–water partition coefficient (Wildman–Crippen LogP) is 1.49. The van der Waals surface area contributed by atoms with E-state index in [-0.39, 0.29) is 5.54 Å². The zero-order valence-electron chi connectivity index (χ0n) is 8.85. The highest BCUT2D eigenvalue weighted by Gasteiger charge is 2.07. The summed E-state index contributed by atoms with van der Waals surface area (Å²) in [5.74, 6) is 0. The molecule has 0 rings (SSSR count). The van der Waals surface area contributed by atoms with Crippen LogP contribution in [0.1, 0.15) is 20.8 Å². The van der Waals surface area contributed by atoms with Crippen LogP contribution in [-0.2, 0) is 0 Å². The predicted molar refractivity (Wildman–Crippen MR) is 55.4 cm³/mol. The topological polar surface area (TPSA) is 15.3 Å². The van der Waals surface area contributed by atoms with Gasteiger partial charge in [0, 0.05) is 25.2 Å². The Morgan fingerprint density at radius 2 is 2.00 bits per heavy atom. The Morgan fingerprint density at radius 3 is 2.42 bits per heavy atom. The maximum absolute atomic E-state index is 3.70. The second-order valence-corrected chi connectivity index (χ2v) is 4.23. The molecule has 0 saturated carbocycles. The molecule has 0 aliphatic heterocycles. The number of hydrogen-bond acceptors (Lipinski definition) is 2. The third kappa shape index (κ3) is 7.76. The molecule has 0 fully saturated rings. The summed E-state index contributed by atoms with van der Waals surface area (Å²) in [5.41, 5.74) is 0.231. The number of rotatable bonds is 5. The fraction of sp³-hybridized carbons (Fsp3) is 0.800. The molecule has 0 saturated heterocycles. The third-order valence-electron chi connectivity index (χ3n) is 1.59. The Hall–Kier alpha value is -0.340. The standard InChI is InChI=1S/C10H22N2/c1-6-8-12(5)9-7-11-10(2,3)4/h6,11H,1,7-9H2,2-5H3. The van der Waals surface area contributed by atoms with Gasteiger partial charge in [0.15, 0.2) is 0 Å². The van der Waals surface area contributed by atoms with Crippen molar-refractivity contribution in [3.05, 3.63) is 12.7 Å². The summed E-state index contributed by atoms with van der Waals surface area (Å²) < 4.78 is 0. The molecular formula is C10H22N2. The lowest BCUT2D eigenvalue weighted by Crippen LogP contribution is -2.40. The Balaban J connectivity index is 3.36. The van der Waals surface area contributed by atoms with Gasteiger partial charge in [0.1, 0.15) is 0 Å². The molecule has 2 heteroatoms. The van der Waals surface area contributed by atoms with Crippen molar-refractivity contribution in [2.75, 3.05) is 26.7 Å². The van der Waals surface area contributed by atoms with Crippen LogP contribution in [-0.4, -0.2) is 37.1 Å². The number of likely N-dealkylation sites (N-methyl/N-ethyl adjacent to an activating group) is 1. The van der Waals surface area contributed by atoms with Crippen LogP contribution in [0.25, 0.3) is 0 Å². The molecule has 0 spiro atoms. The molecular weight excluding hydrogens is 148 g/mol. The highest BCUT2D eigenvalue weighted by Crippen LogP contribution is 1.96. The Labute approximate surface area is 76.6 Å². The van der Waals surface area contributed by atoms with Crippen molar-refractivity contribution >= 4 is 0 Å². The SMILES string of the molecule is C=CCN(C)CCNC(C)(C)C. The smallest absolute Gasteiger partial charge is 0.0158 e. The van der Waals surface area contributed by atoms with E-state index in [1.165, 1.54) is 0 Å². The molecule has 1 N–H and O–H groups in total. The molecule has 0 aromatic rings. The van der Waals surface area contributed by atoms with Crippen molar-refractivity contribution in [3.8, 4) is 0 Å². The van der Waals surface area contributed by atoms with Gasteiger partial charge in [0.2, 0.25) is 0 Å². The third-order valence-corrected chi connectivity index (χ3v) is 1.59. The largest absolute Gasteiger partial charge is 0.311 e. The van der Waals surface area contributed by atoms with E-state index in [2.05, 4.69) is 44.6 Å². The van der Waals surface area contributed by atoms with Crippen LogP contribution < -0.4 is 5.32 Å². The first-order valence-electron chi connectivity index (χ1n) is 4.50. The number of nitrogens with one attached hydrogen (secondary N) is 1. The monoisotopic (exact) mass is 170 g/mol. The lowest BCUT2D eigenvalue weighted by Gasteiger charge is -2.22. The second-order valence-electron chi connectivity index (χ2n) is 4.23. The van der Waals surface area contributed by atoms with Gasteiger partial charge < -0.3 is 10.2 Å². The highest BCUT2D eigenvalue weighted by molar-refractivity contribution is 4.74. The van der Waals surface area contributed by atoms with Crippen LogP contribution in [0.5, 0.6) is 0 Å². The molecule has 0 aromatic heterocycles. The lowest BCUT2D eigenvalue weighted by atomic mass is 10.1. The van der Waals surface area contributed by atoms with E-state index in [1.807, 2.05) is 6.08 Å². The maximum Gasteiger partial charge on any atom is 0.0158 e.